The zero-order valence-electron chi connectivity index (χ0n) is 14.7. The van der Waals surface area contributed by atoms with E-state index in [1.54, 1.807) is 6.92 Å². The Bertz CT molecular complexity index is 1090. The molecule has 0 saturated carbocycles. The number of hydrogen-bond acceptors (Lipinski definition) is 7. The van der Waals surface area contributed by atoms with Gasteiger partial charge in [0.2, 0.25) is 5.88 Å². The molecule has 0 bridgehead atoms. The van der Waals surface area contributed by atoms with E-state index in [1.165, 1.54) is 23.0 Å². The van der Waals surface area contributed by atoms with Crippen molar-refractivity contribution in [1.82, 2.24) is 25.0 Å². The van der Waals surface area contributed by atoms with Gasteiger partial charge < -0.3 is 9.47 Å². The Morgan fingerprint density at radius 3 is 2.55 bits per heavy atom. The highest BCUT2D eigenvalue weighted by Crippen LogP contribution is 2.34. The van der Waals surface area contributed by atoms with Crippen molar-refractivity contribution in [2.24, 2.45) is 0 Å². The second-order valence-electron chi connectivity index (χ2n) is 5.53. The van der Waals surface area contributed by atoms with Gasteiger partial charge in [0.05, 0.1) is 41.0 Å². The SMILES string of the molecule is COc1cc(-c2c(-n3cc(C)nn3)ccc(Cl)c2F)nc(OC(=O)C(F)(F)F)n1. The number of aryl methyl sites for hydroxylation is 1. The summed E-state index contributed by atoms with van der Waals surface area (Å²) < 4.78 is 62.6. The Hall–Kier alpha value is -3.28. The number of halogens is 5. The molecule has 29 heavy (non-hydrogen) atoms. The van der Waals surface area contributed by atoms with Crippen LogP contribution in [0.25, 0.3) is 16.9 Å². The van der Waals surface area contributed by atoms with Crippen LogP contribution in [0.15, 0.2) is 24.4 Å². The van der Waals surface area contributed by atoms with Gasteiger partial charge in [0.15, 0.2) is 5.82 Å². The van der Waals surface area contributed by atoms with Crippen LogP contribution in [-0.2, 0) is 4.79 Å². The van der Waals surface area contributed by atoms with Crippen LogP contribution >= 0.6 is 11.6 Å². The Morgan fingerprint density at radius 2 is 1.97 bits per heavy atom. The van der Waals surface area contributed by atoms with Crippen molar-refractivity contribution in [3.05, 3.63) is 40.9 Å². The molecular weight excluding hydrogens is 422 g/mol. The molecule has 0 saturated heterocycles. The first-order valence-corrected chi connectivity index (χ1v) is 8.07. The number of nitrogens with zero attached hydrogens (tertiary/aromatic N) is 5. The van der Waals surface area contributed by atoms with Crippen molar-refractivity contribution in [1.29, 1.82) is 0 Å². The summed E-state index contributed by atoms with van der Waals surface area (Å²) >= 11 is 5.86. The summed E-state index contributed by atoms with van der Waals surface area (Å²) in [4.78, 5) is 18.3. The number of rotatable bonds is 4. The van der Waals surface area contributed by atoms with E-state index in [-0.39, 0.29) is 27.8 Å². The van der Waals surface area contributed by atoms with Crippen molar-refractivity contribution in [2.75, 3.05) is 7.11 Å². The molecule has 0 aliphatic heterocycles. The summed E-state index contributed by atoms with van der Waals surface area (Å²) in [6.07, 6.45) is -3.80. The van der Waals surface area contributed by atoms with Crippen molar-refractivity contribution in [2.45, 2.75) is 13.1 Å². The summed E-state index contributed by atoms with van der Waals surface area (Å²) in [5, 5.41) is 7.35. The molecule has 0 spiro atoms. The van der Waals surface area contributed by atoms with Crippen molar-refractivity contribution >= 4 is 17.6 Å². The summed E-state index contributed by atoms with van der Waals surface area (Å²) in [5.74, 6) is -3.76. The molecular formula is C16H10ClF4N5O3. The third-order valence-electron chi connectivity index (χ3n) is 3.49. The molecule has 2 heterocycles. The lowest BCUT2D eigenvalue weighted by Gasteiger charge is -2.13. The number of methoxy groups -OCH3 is 1. The predicted molar refractivity (Wildman–Crippen MR) is 90.3 cm³/mol. The van der Waals surface area contributed by atoms with E-state index in [0.717, 1.165) is 13.2 Å². The number of aromatic nitrogens is 5. The molecule has 0 unspecified atom stereocenters. The Balaban J connectivity index is 2.19. The van der Waals surface area contributed by atoms with Crippen LogP contribution in [0, 0.1) is 12.7 Å². The Morgan fingerprint density at radius 1 is 1.24 bits per heavy atom. The van der Waals surface area contributed by atoms with Crippen LogP contribution in [0.5, 0.6) is 11.9 Å². The molecule has 1 aromatic carbocycles. The van der Waals surface area contributed by atoms with Gasteiger partial charge in [-0.15, -0.1) is 5.10 Å². The van der Waals surface area contributed by atoms with Crippen LogP contribution in [0.4, 0.5) is 17.6 Å². The maximum Gasteiger partial charge on any atom is 0.491 e. The fourth-order valence-corrected chi connectivity index (χ4v) is 2.42. The zero-order chi connectivity index (χ0) is 21.3. The monoisotopic (exact) mass is 431 g/mol. The minimum atomic E-state index is -5.28. The first kappa shape index (κ1) is 20.5. The lowest BCUT2D eigenvalue weighted by atomic mass is 10.1. The molecule has 2 aromatic heterocycles. The van der Waals surface area contributed by atoms with E-state index >= 15 is 0 Å². The number of hydrogen-bond donors (Lipinski definition) is 0. The van der Waals surface area contributed by atoms with Crippen LogP contribution in [0.1, 0.15) is 5.69 Å². The van der Waals surface area contributed by atoms with Crippen LogP contribution in [0.3, 0.4) is 0 Å². The summed E-state index contributed by atoms with van der Waals surface area (Å²) in [7, 11) is 1.16. The van der Waals surface area contributed by atoms with Gasteiger partial charge in [-0.1, -0.05) is 16.8 Å². The normalized spacial score (nSPS) is 11.4. The van der Waals surface area contributed by atoms with Gasteiger partial charge >= 0.3 is 18.2 Å². The first-order valence-electron chi connectivity index (χ1n) is 7.70. The average molecular weight is 432 g/mol. The molecule has 3 aromatic rings. The van der Waals surface area contributed by atoms with Crippen molar-refractivity contribution < 1.29 is 31.8 Å². The number of ether oxygens (including phenoxy) is 2. The van der Waals surface area contributed by atoms with E-state index in [2.05, 4.69) is 25.0 Å². The number of esters is 1. The molecule has 0 amide bonds. The van der Waals surface area contributed by atoms with Gasteiger partial charge in [0.25, 0.3) is 0 Å². The number of benzene rings is 1. The minimum absolute atomic E-state index is 0.126. The fraction of sp³-hybridized carbons (Fsp3) is 0.188. The molecule has 3 rings (SSSR count). The van der Waals surface area contributed by atoms with Crippen LogP contribution in [0.2, 0.25) is 5.02 Å². The Labute approximate surface area is 165 Å². The highest BCUT2D eigenvalue weighted by atomic mass is 35.5. The lowest BCUT2D eigenvalue weighted by molar-refractivity contribution is -0.190. The van der Waals surface area contributed by atoms with E-state index in [9.17, 15) is 22.4 Å². The predicted octanol–water partition coefficient (Wildman–Crippen LogP) is 3.30. The Kier molecular flexibility index (Phi) is 5.38. The van der Waals surface area contributed by atoms with Crippen molar-refractivity contribution in [3.63, 3.8) is 0 Å². The lowest BCUT2D eigenvalue weighted by Crippen LogP contribution is -2.28. The molecule has 0 radical (unpaired) electrons. The van der Waals surface area contributed by atoms with Crippen LogP contribution < -0.4 is 9.47 Å². The quantitative estimate of drug-likeness (QED) is 0.462. The van der Waals surface area contributed by atoms with Gasteiger partial charge in [-0.05, 0) is 19.1 Å². The highest BCUT2D eigenvalue weighted by Gasteiger charge is 2.42. The first-order chi connectivity index (χ1) is 13.6. The number of carbonyl (C=O) groups is 1. The number of alkyl halides is 3. The highest BCUT2D eigenvalue weighted by molar-refractivity contribution is 6.31. The van der Waals surface area contributed by atoms with Gasteiger partial charge in [0.1, 0.15) is 0 Å². The van der Waals surface area contributed by atoms with Gasteiger partial charge in [-0.3, -0.25) is 0 Å². The van der Waals surface area contributed by atoms with E-state index < -0.39 is 24.0 Å². The maximum absolute atomic E-state index is 14.9. The van der Waals surface area contributed by atoms with E-state index in [4.69, 9.17) is 16.3 Å². The second-order valence-corrected chi connectivity index (χ2v) is 5.93. The van der Waals surface area contributed by atoms with Gasteiger partial charge in [-0.2, -0.15) is 23.1 Å². The van der Waals surface area contributed by atoms with Gasteiger partial charge in [-0.25, -0.2) is 13.9 Å². The minimum Gasteiger partial charge on any atom is -0.481 e. The topological polar surface area (TPSA) is 92.0 Å². The summed E-state index contributed by atoms with van der Waals surface area (Å²) in [5.41, 5.74) is 0.144. The third-order valence-corrected chi connectivity index (χ3v) is 3.78. The van der Waals surface area contributed by atoms with Gasteiger partial charge in [0, 0.05) is 6.07 Å². The summed E-state index contributed by atoms with van der Waals surface area (Å²) in [6.45, 7) is 1.65. The zero-order valence-corrected chi connectivity index (χ0v) is 15.4. The van der Waals surface area contributed by atoms with E-state index in [1.807, 2.05) is 0 Å². The third kappa shape index (κ3) is 4.26. The maximum atomic E-state index is 14.9. The van der Waals surface area contributed by atoms with E-state index in [0.29, 0.717) is 5.69 Å². The van der Waals surface area contributed by atoms with Crippen molar-refractivity contribution in [3.8, 4) is 28.8 Å². The molecule has 152 valence electrons. The smallest absolute Gasteiger partial charge is 0.481 e. The molecule has 0 N–H and O–H groups in total. The number of carbonyl (C=O) groups excluding carboxylic acids is 1. The molecule has 0 aliphatic rings. The molecule has 13 heteroatoms. The standard InChI is InChI=1S/C16H10ClF4N5O3/c1-7-6-26(25-24-7)10-4-3-8(17)13(18)12(10)9-5-11(28-2)23-15(22-9)29-14(27)16(19,20)21/h3-6H,1-2H3. The largest absolute Gasteiger partial charge is 0.491 e. The molecule has 8 nitrogen and oxygen atoms in total. The summed E-state index contributed by atoms with van der Waals surface area (Å²) in [6, 6.07) is 2.81. The van der Waals surface area contributed by atoms with Crippen LogP contribution in [-0.4, -0.2) is 44.2 Å². The molecule has 0 atom stereocenters. The molecule has 0 aliphatic carbocycles. The fourth-order valence-electron chi connectivity index (χ4n) is 2.26. The molecule has 0 fully saturated rings. The second kappa shape index (κ2) is 7.62. The average Bonchev–Trinajstić information content (AvgIpc) is 3.08.